The van der Waals surface area contributed by atoms with E-state index in [1.165, 1.54) is 4.57 Å². The molecule has 0 saturated carbocycles. The lowest BCUT2D eigenvalue weighted by Crippen LogP contribution is -2.25. The van der Waals surface area contributed by atoms with Crippen molar-refractivity contribution < 1.29 is 14.7 Å². The third kappa shape index (κ3) is 5.39. The van der Waals surface area contributed by atoms with E-state index in [0.717, 1.165) is 5.56 Å². The van der Waals surface area contributed by atoms with Gasteiger partial charge in [-0.1, -0.05) is 30.3 Å². The van der Waals surface area contributed by atoms with Crippen molar-refractivity contribution in [3.05, 3.63) is 64.6 Å². The van der Waals surface area contributed by atoms with Crippen LogP contribution in [0.1, 0.15) is 31.2 Å². The summed E-state index contributed by atoms with van der Waals surface area (Å²) < 4.78 is 1.54. The highest BCUT2D eigenvalue weighted by Crippen LogP contribution is 2.06. The predicted octanol–water partition coefficient (Wildman–Crippen LogP) is 2.48. The molecule has 0 unspecified atom stereocenters. The van der Waals surface area contributed by atoms with Gasteiger partial charge in [0.25, 0.3) is 5.56 Å². The summed E-state index contributed by atoms with van der Waals surface area (Å²) in [5.41, 5.74) is 0.966. The Labute approximate surface area is 139 Å². The van der Waals surface area contributed by atoms with E-state index in [0.29, 0.717) is 19.4 Å². The van der Waals surface area contributed by atoms with Crippen LogP contribution in [0.25, 0.3) is 0 Å². The largest absolute Gasteiger partial charge is 0.481 e. The summed E-state index contributed by atoms with van der Waals surface area (Å²) in [6.45, 7) is 0.433. The van der Waals surface area contributed by atoms with Crippen LogP contribution in [0, 0.1) is 0 Å². The number of carbonyl (C=O) groups excluding carboxylic acids is 1. The summed E-state index contributed by atoms with van der Waals surface area (Å²) >= 11 is 0. The standard InChI is InChI=1S/C18H20N2O4/c21-16(10-4-5-11-17(22)23)19-15-9-6-12-20(18(15)24)13-14-7-2-1-3-8-14/h1-3,6-9,12H,4-5,10-11,13H2,(H,19,21)(H,22,23). The van der Waals surface area contributed by atoms with Gasteiger partial charge < -0.3 is 15.0 Å². The van der Waals surface area contributed by atoms with Crippen molar-refractivity contribution in [2.75, 3.05) is 5.32 Å². The molecule has 1 aromatic carbocycles. The average Bonchev–Trinajstić information content (AvgIpc) is 2.56. The van der Waals surface area contributed by atoms with Gasteiger partial charge in [-0.3, -0.25) is 14.4 Å². The minimum atomic E-state index is -0.873. The molecule has 0 atom stereocenters. The summed E-state index contributed by atoms with van der Waals surface area (Å²) in [6.07, 6.45) is 2.83. The number of hydrogen-bond acceptors (Lipinski definition) is 3. The lowest BCUT2D eigenvalue weighted by molar-refractivity contribution is -0.137. The number of aromatic nitrogens is 1. The van der Waals surface area contributed by atoms with Crippen LogP contribution in [0.2, 0.25) is 0 Å². The van der Waals surface area contributed by atoms with E-state index in [1.54, 1.807) is 18.3 Å². The van der Waals surface area contributed by atoms with Crippen molar-refractivity contribution in [1.29, 1.82) is 0 Å². The molecule has 24 heavy (non-hydrogen) atoms. The number of unbranched alkanes of at least 4 members (excludes halogenated alkanes) is 1. The van der Waals surface area contributed by atoms with Gasteiger partial charge in [-0.2, -0.15) is 0 Å². The highest BCUT2D eigenvalue weighted by Gasteiger charge is 2.08. The molecular formula is C18H20N2O4. The summed E-state index contributed by atoms with van der Waals surface area (Å²) in [6, 6.07) is 12.9. The van der Waals surface area contributed by atoms with Gasteiger partial charge in [0.2, 0.25) is 5.91 Å². The van der Waals surface area contributed by atoms with Gasteiger partial charge in [0.15, 0.2) is 0 Å². The molecule has 2 aromatic rings. The molecule has 0 aliphatic heterocycles. The quantitative estimate of drug-likeness (QED) is 0.729. The molecule has 0 bridgehead atoms. The predicted molar refractivity (Wildman–Crippen MR) is 91.0 cm³/mol. The number of hydrogen-bond donors (Lipinski definition) is 2. The average molecular weight is 328 g/mol. The van der Waals surface area contributed by atoms with Crippen LogP contribution >= 0.6 is 0 Å². The van der Waals surface area contributed by atoms with Crippen molar-refractivity contribution in [2.24, 2.45) is 0 Å². The maximum atomic E-state index is 12.4. The van der Waals surface area contributed by atoms with Crippen molar-refractivity contribution >= 4 is 17.6 Å². The molecule has 0 spiro atoms. The summed E-state index contributed by atoms with van der Waals surface area (Å²) in [4.78, 5) is 34.7. The molecule has 1 amide bonds. The maximum Gasteiger partial charge on any atom is 0.303 e. The van der Waals surface area contributed by atoms with Gasteiger partial charge in [0.05, 0.1) is 6.54 Å². The molecule has 126 valence electrons. The van der Waals surface area contributed by atoms with Gasteiger partial charge in [-0.15, -0.1) is 0 Å². The Morgan fingerprint density at radius 2 is 1.71 bits per heavy atom. The lowest BCUT2D eigenvalue weighted by Gasteiger charge is -2.09. The Morgan fingerprint density at radius 3 is 2.42 bits per heavy atom. The van der Waals surface area contributed by atoms with Crippen LogP contribution in [0.3, 0.4) is 0 Å². The van der Waals surface area contributed by atoms with Crippen LogP contribution in [-0.2, 0) is 16.1 Å². The number of aliphatic carboxylic acids is 1. The summed E-state index contributed by atoms with van der Waals surface area (Å²) in [5.74, 6) is -1.16. The topological polar surface area (TPSA) is 88.4 Å². The third-order valence-electron chi connectivity index (χ3n) is 3.53. The Balaban J connectivity index is 1.96. The van der Waals surface area contributed by atoms with E-state index in [4.69, 9.17) is 5.11 Å². The summed E-state index contributed by atoms with van der Waals surface area (Å²) in [7, 11) is 0. The molecule has 2 N–H and O–H groups in total. The number of nitrogens with zero attached hydrogens (tertiary/aromatic N) is 1. The van der Waals surface area contributed by atoms with E-state index in [1.807, 2.05) is 30.3 Å². The molecule has 0 radical (unpaired) electrons. The second kappa shape index (κ2) is 8.67. The van der Waals surface area contributed by atoms with Crippen LogP contribution in [0.15, 0.2) is 53.5 Å². The third-order valence-corrected chi connectivity index (χ3v) is 3.53. The number of carbonyl (C=O) groups is 2. The number of benzene rings is 1. The smallest absolute Gasteiger partial charge is 0.303 e. The first-order valence-corrected chi connectivity index (χ1v) is 7.81. The maximum absolute atomic E-state index is 12.4. The molecule has 1 heterocycles. The van der Waals surface area contributed by atoms with Crippen molar-refractivity contribution in [3.8, 4) is 0 Å². The zero-order valence-electron chi connectivity index (χ0n) is 13.3. The number of rotatable bonds is 8. The zero-order valence-corrected chi connectivity index (χ0v) is 13.3. The first-order chi connectivity index (χ1) is 11.6. The second-order valence-electron chi connectivity index (χ2n) is 5.49. The Morgan fingerprint density at radius 1 is 1.00 bits per heavy atom. The first-order valence-electron chi connectivity index (χ1n) is 7.81. The summed E-state index contributed by atoms with van der Waals surface area (Å²) in [5, 5.41) is 11.2. The SMILES string of the molecule is O=C(O)CCCCC(=O)Nc1cccn(Cc2ccccc2)c1=O. The number of carboxylic acids is 1. The van der Waals surface area contributed by atoms with E-state index in [9.17, 15) is 14.4 Å². The molecule has 0 aliphatic rings. The van der Waals surface area contributed by atoms with E-state index in [2.05, 4.69) is 5.32 Å². The Kier molecular flexibility index (Phi) is 6.31. The number of carboxylic acid groups (broad SMARTS) is 1. The molecule has 1 aromatic heterocycles. The highest BCUT2D eigenvalue weighted by molar-refractivity contribution is 5.90. The van der Waals surface area contributed by atoms with Gasteiger partial charge in [0, 0.05) is 19.0 Å². The van der Waals surface area contributed by atoms with Crippen molar-refractivity contribution in [3.63, 3.8) is 0 Å². The minimum Gasteiger partial charge on any atom is -0.481 e. The normalized spacial score (nSPS) is 10.3. The lowest BCUT2D eigenvalue weighted by atomic mass is 10.2. The highest BCUT2D eigenvalue weighted by atomic mass is 16.4. The van der Waals surface area contributed by atoms with E-state index < -0.39 is 5.97 Å². The fourth-order valence-electron chi connectivity index (χ4n) is 2.31. The van der Waals surface area contributed by atoms with Crippen LogP contribution in [-0.4, -0.2) is 21.6 Å². The van der Waals surface area contributed by atoms with Gasteiger partial charge >= 0.3 is 5.97 Å². The van der Waals surface area contributed by atoms with Gasteiger partial charge in [0.1, 0.15) is 5.69 Å². The second-order valence-corrected chi connectivity index (χ2v) is 5.49. The Hall–Kier alpha value is -2.89. The molecule has 0 fully saturated rings. The zero-order chi connectivity index (χ0) is 17.4. The van der Waals surface area contributed by atoms with E-state index in [-0.39, 0.29) is 30.0 Å². The fourth-order valence-corrected chi connectivity index (χ4v) is 2.31. The number of amides is 1. The molecule has 6 heteroatoms. The molecule has 0 saturated heterocycles. The van der Waals surface area contributed by atoms with Gasteiger partial charge in [-0.05, 0) is 30.5 Å². The Bertz CT molecular complexity index is 753. The molecule has 6 nitrogen and oxygen atoms in total. The monoisotopic (exact) mass is 328 g/mol. The van der Waals surface area contributed by atoms with Crippen molar-refractivity contribution in [2.45, 2.75) is 32.2 Å². The molecule has 0 aliphatic carbocycles. The number of pyridine rings is 1. The van der Waals surface area contributed by atoms with Crippen LogP contribution in [0.4, 0.5) is 5.69 Å². The van der Waals surface area contributed by atoms with Gasteiger partial charge in [-0.25, -0.2) is 0 Å². The first kappa shape index (κ1) is 17.5. The minimum absolute atomic E-state index is 0.0441. The molecule has 2 rings (SSSR count). The van der Waals surface area contributed by atoms with Crippen LogP contribution in [0.5, 0.6) is 0 Å². The number of anilines is 1. The number of nitrogens with one attached hydrogen (secondary N) is 1. The van der Waals surface area contributed by atoms with Crippen molar-refractivity contribution in [1.82, 2.24) is 4.57 Å². The fraction of sp³-hybridized carbons (Fsp3) is 0.278. The van der Waals surface area contributed by atoms with E-state index >= 15 is 0 Å². The van der Waals surface area contributed by atoms with Crippen LogP contribution < -0.4 is 10.9 Å². The molecular weight excluding hydrogens is 308 g/mol.